The summed E-state index contributed by atoms with van der Waals surface area (Å²) in [5.41, 5.74) is 0.104. The monoisotopic (exact) mass is 203 g/mol. The van der Waals surface area contributed by atoms with Gasteiger partial charge in [-0.05, 0) is 25.0 Å². The number of benzene rings is 1. The summed E-state index contributed by atoms with van der Waals surface area (Å²) in [5, 5.41) is 17.8. The van der Waals surface area contributed by atoms with Gasteiger partial charge in [0.1, 0.15) is 17.4 Å². The van der Waals surface area contributed by atoms with Crippen molar-refractivity contribution in [3.05, 3.63) is 29.3 Å². The highest BCUT2D eigenvalue weighted by atomic mass is 16.5. The number of carbonyl (C=O) groups is 1. The molecular weight excluding hydrogens is 194 g/mol. The smallest absolute Gasteiger partial charge is 0.340 e. The van der Waals surface area contributed by atoms with Crippen molar-refractivity contribution >= 4 is 5.97 Å². The molecule has 1 saturated carbocycles. The standard InChI is InChI=1S/C11H9NO3/c12-6-7-2-1-3-9(10(7)11(13)14)15-8-4-5-8/h1-3,8H,4-5H2,(H,13,14). The molecule has 1 fully saturated rings. The molecule has 0 radical (unpaired) electrons. The van der Waals surface area contributed by atoms with Crippen LogP contribution in [-0.4, -0.2) is 17.2 Å². The first-order valence-electron chi connectivity index (χ1n) is 4.65. The van der Waals surface area contributed by atoms with Gasteiger partial charge in [-0.15, -0.1) is 0 Å². The van der Waals surface area contributed by atoms with E-state index < -0.39 is 5.97 Å². The maximum absolute atomic E-state index is 11.0. The summed E-state index contributed by atoms with van der Waals surface area (Å²) in [7, 11) is 0. The second-order valence-corrected chi connectivity index (χ2v) is 3.41. The lowest BCUT2D eigenvalue weighted by molar-refractivity contribution is 0.0691. The first-order valence-corrected chi connectivity index (χ1v) is 4.65. The van der Waals surface area contributed by atoms with E-state index in [-0.39, 0.29) is 17.2 Å². The van der Waals surface area contributed by atoms with Gasteiger partial charge in [-0.3, -0.25) is 0 Å². The minimum Gasteiger partial charge on any atom is -0.489 e. The van der Waals surface area contributed by atoms with Crippen molar-refractivity contribution in [1.29, 1.82) is 5.26 Å². The third-order valence-electron chi connectivity index (χ3n) is 2.18. The fourth-order valence-corrected chi connectivity index (χ4v) is 1.31. The second kappa shape index (κ2) is 3.62. The molecule has 1 aliphatic carbocycles. The maximum atomic E-state index is 11.0. The number of hydrogen-bond donors (Lipinski definition) is 1. The van der Waals surface area contributed by atoms with E-state index in [1.165, 1.54) is 6.07 Å². The fourth-order valence-electron chi connectivity index (χ4n) is 1.31. The van der Waals surface area contributed by atoms with Crippen LogP contribution in [0.4, 0.5) is 0 Å². The van der Waals surface area contributed by atoms with Crippen LogP contribution in [0.25, 0.3) is 0 Å². The molecular formula is C11H9NO3. The van der Waals surface area contributed by atoms with Gasteiger partial charge in [0.15, 0.2) is 0 Å². The minimum atomic E-state index is -1.12. The molecule has 76 valence electrons. The fraction of sp³-hybridized carbons (Fsp3) is 0.273. The van der Waals surface area contributed by atoms with Crippen molar-refractivity contribution in [1.82, 2.24) is 0 Å². The van der Waals surface area contributed by atoms with E-state index in [0.29, 0.717) is 5.75 Å². The van der Waals surface area contributed by atoms with Gasteiger partial charge in [0.25, 0.3) is 0 Å². The van der Waals surface area contributed by atoms with E-state index in [1.807, 2.05) is 6.07 Å². The molecule has 0 heterocycles. The highest BCUT2D eigenvalue weighted by Gasteiger charge is 2.26. The van der Waals surface area contributed by atoms with E-state index in [9.17, 15) is 4.79 Å². The molecule has 0 saturated heterocycles. The summed E-state index contributed by atoms with van der Waals surface area (Å²) in [6.45, 7) is 0. The molecule has 0 amide bonds. The van der Waals surface area contributed by atoms with Crippen LogP contribution in [0.2, 0.25) is 0 Å². The van der Waals surface area contributed by atoms with Gasteiger partial charge in [0, 0.05) is 0 Å². The summed E-state index contributed by atoms with van der Waals surface area (Å²) in [6.07, 6.45) is 2.03. The van der Waals surface area contributed by atoms with Crippen LogP contribution in [-0.2, 0) is 0 Å². The van der Waals surface area contributed by atoms with Crippen LogP contribution < -0.4 is 4.74 Å². The first-order chi connectivity index (χ1) is 7.22. The van der Waals surface area contributed by atoms with Crippen LogP contribution in [0.1, 0.15) is 28.8 Å². The third kappa shape index (κ3) is 1.91. The van der Waals surface area contributed by atoms with Gasteiger partial charge in [0.05, 0.1) is 11.7 Å². The zero-order chi connectivity index (χ0) is 10.8. The first kappa shape index (κ1) is 9.53. The van der Waals surface area contributed by atoms with Crippen LogP contribution in [0.15, 0.2) is 18.2 Å². The van der Waals surface area contributed by atoms with Gasteiger partial charge in [-0.25, -0.2) is 4.79 Å². The van der Waals surface area contributed by atoms with Crippen molar-refractivity contribution in [2.75, 3.05) is 0 Å². The highest BCUT2D eigenvalue weighted by molar-refractivity contribution is 5.93. The van der Waals surface area contributed by atoms with Crippen LogP contribution in [0.3, 0.4) is 0 Å². The summed E-state index contributed by atoms with van der Waals surface area (Å²) in [4.78, 5) is 11.0. The molecule has 2 rings (SSSR count). The van der Waals surface area contributed by atoms with Crippen molar-refractivity contribution in [3.8, 4) is 11.8 Å². The average molecular weight is 203 g/mol. The van der Waals surface area contributed by atoms with Crippen LogP contribution in [0.5, 0.6) is 5.75 Å². The zero-order valence-corrected chi connectivity index (χ0v) is 7.93. The van der Waals surface area contributed by atoms with Crippen molar-refractivity contribution in [2.45, 2.75) is 18.9 Å². The topological polar surface area (TPSA) is 70.3 Å². The number of ether oxygens (including phenoxy) is 1. The van der Waals surface area contributed by atoms with Gasteiger partial charge >= 0.3 is 5.97 Å². The predicted octanol–water partition coefficient (Wildman–Crippen LogP) is 1.80. The van der Waals surface area contributed by atoms with E-state index >= 15 is 0 Å². The van der Waals surface area contributed by atoms with Crippen molar-refractivity contribution < 1.29 is 14.6 Å². The quantitative estimate of drug-likeness (QED) is 0.813. The summed E-state index contributed by atoms with van der Waals surface area (Å²) in [6, 6.07) is 6.54. The van der Waals surface area contributed by atoms with Gasteiger partial charge in [0.2, 0.25) is 0 Å². The number of aromatic carboxylic acids is 1. The largest absolute Gasteiger partial charge is 0.489 e. The number of rotatable bonds is 3. The maximum Gasteiger partial charge on any atom is 0.340 e. The van der Waals surface area contributed by atoms with Gasteiger partial charge in [-0.2, -0.15) is 5.26 Å². The number of carboxylic acids is 1. The van der Waals surface area contributed by atoms with E-state index in [0.717, 1.165) is 12.8 Å². The molecule has 4 nitrogen and oxygen atoms in total. The molecule has 1 aliphatic rings. The Bertz CT molecular complexity index is 444. The zero-order valence-electron chi connectivity index (χ0n) is 7.93. The van der Waals surface area contributed by atoms with E-state index in [4.69, 9.17) is 15.1 Å². The predicted molar refractivity (Wildman–Crippen MR) is 51.8 cm³/mol. The Labute approximate surface area is 86.7 Å². The average Bonchev–Trinajstić information content (AvgIpc) is 3.01. The Hall–Kier alpha value is -2.02. The number of hydrogen-bond acceptors (Lipinski definition) is 3. The Morgan fingerprint density at radius 1 is 1.53 bits per heavy atom. The summed E-state index contributed by atoms with van der Waals surface area (Å²) >= 11 is 0. The number of nitrogens with zero attached hydrogens (tertiary/aromatic N) is 1. The van der Waals surface area contributed by atoms with Crippen molar-refractivity contribution in [2.24, 2.45) is 0 Å². The molecule has 0 atom stereocenters. The second-order valence-electron chi connectivity index (χ2n) is 3.41. The minimum absolute atomic E-state index is 0.0353. The Kier molecular flexibility index (Phi) is 2.30. The molecule has 0 aliphatic heterocycles. The number of nitriles is 1. The summed E-state index contributed by atoms with van der Waals surface area (Å²) < 4.78 is 5.43. The van der Waals surface area contributed by atoms with Gasteiger partial charge < -0.3 is 9.84 Å². The van der Waals surface area contributed by atoms with E-state index in [2.05, 4.69) is 0 Å². The number of carboxylic acid groups (broad SMARTS) is 1. The molecule has 1 N–H and O–H groups in total. The van der Waals surface area contributed by atoms with Crippen LogP contribution in [0, 0.1) is 11.3 Å². The SMILES string of the molecule is N#Cc1cccc(OC2CC2)c1C(=O)O. The molecule has 1 aromatic rings. The van der Waals surface area contributed by atoms with Gasteiger partial charge in [-0.1, -0.05) is 6.07 Å². The van der Waals surface area contributed by atoms with E-state index in [1.54, 1.807) is 12.1 Å². The lowest BCUT2D eigenvalue weighted by atomic mass is 10.1. The molecule has 0 aromatic heterocycles. The lowest BCUT2D eigenvalue weighted by Crippen LogP contribution is -2.06. The van der Waals surface area contributed by atoms with Crippen LogP contribution >= 0.6 is 0 Å². The highest BCUT2D eigenvalue weighted by Crippen LogP contribution is 2.30. The molecule has 0 spiro atoms. The Morgan fingerprint density at radius 3 is 2.80 bits per heavy atom. The Balaban J connectivity index is 2.42. The lowest BCUT2D eigenvalue weighted by Gasteiger charge is -2.08. The molecule has 15 heavy (non-hydrogen) atoms. The molecule has 0 unspecified atom stereocenters. The molecule has 1 aromatic carbocycles. The molecule has 4 heteroatoms. The summed E-state index contributed by atoms with van der Waals surface area (Å²) in [5.74, 6) is -0.827. The normalized spacial score (nSPS) is 14.3. The third-order valence-corrected chi connectivity index (χ3v) is 2.18. The Morgan fingerprint density at radius 2 is 2.27 bits per heavy atom. The molecule has 0 bridgehead atoms. The van der Waals surface area contributed by atoms with Crippen molar-refractivity contribution in [3.63, 3.8) is 0 Å².